The van der Waals surface area contributed by atoms with Crippen molar-refractivity contribution < 1.29 is 4.79 Å². The largest absolute Gasteiger partial charge is 0.368 e. The van der Waals surface area contributed by atoms with Crippen molar-refractivity contribution in [2.75, 3.05) is 0 Å². The van der Waals surface area contributed by atoms with Gasteiger partial charge in [0.25, 0.3) is 0 Å². The van der Waals surface area contributed by atoms with Gasteiger partial charge in [0.05, 0.1) is 6.04 Å². The van der Waals surface area contributed by atoms with Crippen LogP contribution in [0.4, 0.5) is 0 Å². The number of rotatable bonds is 3. The molecule has 15 heavy (non-hydrogen) atoms. The second-order valence-electron chi connectivity index (χ2n) is 4.16. The maximum absolute atomic E-state index is 11.1. The van der Waals surface area contributed by atoms with E-state index < -0.39 is 0 Å². The van der Waals surface area contributed by atoms with Crippen molar-refractivity contribution in [1.82, 2.24) is 4.90 Å². The highest BCUT2D eigenvalue weighted by Crippen LogP contribution is 2.27. The Hall–Kier alpha value is -1.35. The van der Waals surface area contributed by atoms with Crippen molar-refractivity contribution in [2.45, 2.75) is 32.0 Å². The third-order valence-corrected chi connectivity index (χ3v) is 3.07. The number of primary amides is 1. The molecule has 1 aliphatic heterocycles. The lowest BCUT2D eigenvalue weighted by Crippen LogP contribution is -2.59. The number of carbonyl (C=O) groups excluding carboxylic acids is 1. The number of carbonyl (C=O) groups is 1. The Balaban J connectivity index is 2.02. The topological polar surface area (TPSA) is 46.3 Å². The van der Waals surface area contributed by atoms with Crippen LogP contribution in [0.5, 0.6) is 0 Å². The van der Waals surface area contributed by atoms with Crippen LogP contribution in [0.15, 0.2) is 30.3 Å². The molecule has 1 aromatic carbocycles. The molecule has 0 saturated carbocycles. The van der Waals surface area contributed by atoms with E-state index in [4.69, 9.17) is 5.73 Å². The summed E-state index contributed by atoms with van der Waals surface area (Å²) in [5.41, 5.74) is 6.56. The van der Waals surface area contributed by atoms with Gasteiger partial charge in [-0.15, -0.1) is 0 Å². The van der Waals surface area contributed by atoms with Gasteiger partial charge in [0.2, 0.25) is 5.91 Å². The molecule has 0 radical (unpaired) electrons. The van der Waals surface area contributed by atoms with E-state index in [1.165, 1.54) is 5.56 Å². The molecule has 0 bridgehead atoms. The third kappa shape index (κ3) is 2.02. The lowest BCUT2D eigenvalue weighted by molar-refractivity contribution is -0.131. The summed E-state index contributed by atoms with van der Waals surface area (Å²) in [5, 5.41) is 0. The van der Waals surface area contributed by atoms with Crippen LogP contribution in [0.3, 0.4) is 0 Å². The van der Waals surface area contributed by atoms with Gasteiger partial charge in [0, 0.05) is 12.6 Å². The van der Waals surface area contributed by atoms with Crippen molar-refractivity contribution in [2.24, 2.45) is 5.73 Å². The SMILES string of the molecule is CC1CC(C(N)=O)N1Cc1ccccc1. The van der Waals surface area contributed by atoms with E-state index in [9.17, 15) is 4.79 Å². The highest BCUT2D eigenvalue weighted by molar-refractivity contribution is 5.81. The van der Waals surface area contributed by atoms with Crippen LogP contribution in [0, 0.1) is 0 Å². The Morgan fingerprint density at radius 2 is 2.13 bits per heavy atom. The molecule has 1 fully saturated rings. The van der Waals surface area contributed by atoms with Crippen molar-refractivity contribution in [3.63, 3.8) is 0 Å². The zero-order valence-corrected chi connectivity index (χ0v) is 8.89. The van der Waals surface area contributed by atoms with E-state index in [1.54, 1.807) is 0 Å². The van der Waals surface area contributed by atoms with Gasteiger partial charge in [-0.2, -0.15) is 0 Å². The van der Waals surface area contributed by atoms with E-state index in [-0.39, 0.29) is 11.9 Å². The summed E-state index contributed by atoms with van der Waals surface area (Å²) in [5.74, 6) is -0.205. The molecule has 2 unspecified atom stereocenters. The lowest BCUT2D eigenvalue weighted by Gasteiger charge is -2.45. The molecular weight excluding hydrogens is 188 g/mol. The maximum Gasteiger partial charge on any atom is 0.234 e. The summed E-state index contributed by atoms with van der Waals surface area (Å²) in [6, 6.07) is 10.6. The molecule has 1 amide bonds. The van der Waals surface area contributed by atoms with Crippen molar-refractivity contribution in [3.8, 4) is 0 Å². The smallest absolute Gasteiger partial charge is 0.234 e. The highest BCUT2D eigenvalue weighted by atomic mass is 16.1. The molecule has 1 heterocycles. The van der Waals surface area contributed by atoms with Crippen LogP contribution in [-0.2, 0) is 11.3 Å². The molecule has 0 aromatic heterocycles. The monoisotopic (exact) mass is 204 g/mol. The summed E-state index contributed by atoms with van der Waals surface area (Å²) >= 11 is 0. The normalized spacial score (nSPS) is 25.9. The van der Waals surface area contributed by atoms with Crippen LogP contribution >= 0.6 is 0 Å². The highest BCUT2D eigenvalue weighted by Gasteiger charge is 2.38. The Kier molecular flexibility index (Phi) is 2.73. The zero-order chi connectivity index (χ0) is 10.8. The van der Waals surface area contributed by atoms with Crippen LogP contribution in [0.25, 0.3) is 0 Å². The minimum absolute atomic E-state index is 0.0693. The summed E-state index contributed by atoms with van der Waals surface area (Å²) in [7, 11) is 0. The lowest BCUT2D eigenvalue weighted by atomic mass is 9.93. The third-order valence-electron chi connectivity index (χ3n) is 3.07. The molecular formula is C12H16N2O. The van der Waals surface area contributed by atoms with Crippen molar-refractivity contribution in [3.05, 3.63) is 35.9 Å². The average Bonchev–Trinajstić information content (AvgIpc) is 2.23. The number of likely N-dealkylation sites (tertiary alicyclic amines) is 1. The molecule has 3 heteroatoms. The molecule has 2 atom stereocenters. The van der Waals surface area contributed by atoms with Crippen LogP contribution in [-0.4, -0.2) is 22.9 Å². The second-order valence-corrected chi connectivity index (χ2v) is 4.16. The molecule has 2 rings (SSSR count). The van der Waals surface area contributed by atoms with Crippen molar-refractivity contribution >= 4 is 5.91 Å². The van der Waals surface area contributed by atoms with E-state index in [1.807, 2.05) is 18.2 Å². The first-order valence-corrected chi connectivity index (χ1v) is 5.27. The van der Waals surface area contributed by atoms with E-state index >= 15 is 0 Å². The maximum atomic E-state index is 11.1. The van der Waals surface area contributed by atoms with Gasteiger partial charge in [0.1, 0.15) is 0 Å². The molecule has 1 aromatic rings. The Morgan fingerprint density at radius 3 is 2.67 bits per heavy atom. The number of nitrogens with zero attached hydrogens (tertiary/aromatic N) is 1. The summed E-state index contributed by atoms with van der Waals surface area (Å²) in [6.07, 6.45) is 0.891. The molecule has 1 saturated heterocycles. The fourth-order valence-electron chi connectivity index (χ4n) is 2.10. The predicted octanol–water partition coefficient (Wildman–Crippen LogP) is 1.13. The van der Waals surface area contributed by atoms with E-state index in [2.05, 4.69) is 24.0 Å². The van der Waals surface area contributed by atoms with Gasteiger partial charge >= 0.3 is 0 Å². The first-order valence-electron chi connectivity index (χ1n) is 5.27. The predicted molar refractivity (Wildman–Crippen MR) is 59.0 cm³/mol. The molecule has 3 nitrogen and oxygen atoms in total. The van der Waals surface area contributed by atoms with Gasteiger partial charge in [-0.25, -0.2) is 0 Å². The second kappa shape index (κ2) is 4.03. The first kappa shape index (κ1) is 10.2. The van der Waals surface area contributed by atoms with Crippen LogP contribution in [0.1, 0.15) is 18.9 Å². The number of hydrogen-bond donors (Lipinski definition) is 1. The Bertz CT molecular complexity index is 350. The molecule has 2 N–H and O–H groups in total. The molecule has 80 valence electrons. The number of benzene rings is 1. The summed E-state index contributed by atoms with van der Waals surface area (Å²) in [6.45, 7) is 2.94. The van der Waals surface area contributed by atoms with Crippen molar-refractivity contribution in [1.29, 1.82) is 0 Å². The standard InChI is InChI=1S/C12H16N2O/c1-9-7-11(12(13)15)14(9)8-10-5-3-2-4-6-10/h2-6,9,11H,7-8H2,1H3,(H2,13,15). The van der Waals surface area contributed by atoms with Gasteiger partial charge in [-0.3, -0.25) is 9.69 Å². The minimum Gasteiger partial charge on any atom is -0.368 e. The Labute approximate surface area is 89.9 Å². The molecule has 1 aliphatic rings. The van der Waals surface area contributed by atoms with Crippen LogP contribution in [0.2, 0.25) is 0 Å². The van der Waals surface area contributed by atoms with Gasteiger partial charge < -0.3 is 5.73 Å². The van der Waals surface area contributed by atoms with Gasteiger partial charge in [-0.05, 0) is 18.9 Å². The quantitative estimate of drug-likeness (QED) is 0.802. The average molecular weight is 204 g/mol. The summed E-state index contributed by atoms with van der Waals surface area (Å²) < 4.78 is 0. The van der Waals surface area contributed by atoms with E-state index in [0.29, 0.717) is 6.04 Å². The number of nitrogens with two attached hydrogens (primary N) is 1. The zero-order valence-electron chi connectivity index (χ0n) is 8.89. The van der Waals surface area contributed by atoms with Gasteiger partial charge in [0.15, 0.2) is 0 Å². The number of amides is 1. The van der Waals surface area contributed by atoms with Crippen LogP contribution < -0.4 is 5.73 Å². The minimum atomic E-state index is -0.205. The van der Waals surface area contributed by atoms with E-state index in [0.717, 1.165) is 13.0 Å². The molecule has 0 spiro atoms. The fraction of sp³-hybridized carbons (Fsp3) is 0.417. The fourth-order valence-corrected chi connectivity index (χ4v) is 2.10. The first-order chi connectivity index (χ1) is 7.18. The number of hydrogen-bond acceptors (Lipinski definition) is 2. The van der Waals surface area contributed by atoms with Gasteiger partial charge in [-0.1, -0.05) is 30.3 Å². The summed E-state index contributed by atoms with van der Waals surface area (Å²) in [4.78, 5) is 13.3. The molecule has 0 aliphatic carbocycles. The Morgan fingerprint density at radius 1 is 1.47 bits per heavy atom.